The summed E-state index contributed by atoms with van der Waals surface area (Å²) < 4.78 is 0. The van der Waals surface area contributed by atoms with Crippen LogP contribution in [-0.4, -0.2) is 16.0 Å². The van der Waals surface area contributed by atoms with E-state index in [1.54, 1.807) is 18.3 Å². The maximum atomic E-state index is 8.74. The molecular weight excluding hydrogens is 282 g/mol. The summed E-state index contributed by atoms with van der Waals surface area (Å²) in [5.74, 6) is 0.798. The van der Waals surface area contributed by atoms with Crippen LogP contribution in [0.4, 0.5) is 0 Å². The van der Waals surface area contributed by atoms with Crippen molar-refractivity contribution < 1.29 is 5.21 Å². The Bertz CT molecular complexity index is 587. The maximum absolute atomic E-state index is 8.74. The van der Waals surface area contributed by atoms with E-state index in [4.69, 9.17) is 22.5 Å². The molecule has 6 heteroatoms. The number of rotatable bonds is 4. The molecule has 2 aromatic rings. The first-order valence-corrected chi connectivity index (χ1v) is 6.87. The molecule has 0 aliphatic carbocycles. The maximum Gasteiger partial charge on any atom is 0.172 e. The third-order valence-electron chi connectivity index (χ3n) is 2.44. The number of nitrogens with two attached hydrogens (primary N) is 1. The highest BCUT2D eigenvalue weighted by Gasteiger charge is 2.08. The second-order valence-electron chi connectivity index (χ2n) is 3.76. The fraction of sp³-hybridized carbons (Fsp3) is 0.0769. The quantitative estimate of drug-likeness (QED) is 0.299. The zero-order valence-electron chi connectivity index (χ0n) is 9.95. The number of benzene rings is 1. The molecule has 3 N–H and O–H groups in total. The minimum absolute atomic E-state index is 0.0618. The second kappa shape index (κ2) is 6.45. The lowest BCUT2D eigenvalue weighted by atomic mass is 10.2. The highest BCUT2D eigenvalue weighted by molar-refractivity contribution is 7.98. The van der Waals surface area contributed by atoms with E-state index in [1.807, 2.05) is 24.3 Å². The van der Waals surface area contributed by atoms with E-state index in [1.165, 1.54) is 11.8 Å². The van der Waals surface area contributed by atoms with Gasteiger partial charge in [0.2, 0.25) is 0 Å². The van der Waals surface area contributed by atoms with Crippen LogP contribution in [0.25, 0.3) is 0 Å². The number of hydrogen-bond donors (Lipinski definition) is 2. The predicted molar refractivity (Wildman–Crippen MR) is 77.8 cm³/mol. The number of oxime groups is 1. The second-order valence-corrected chi connectivity index (χ2v) is 5.16. The van der Waals surface area contributed by atoms with Crippen molar-refractivity contribution in [2.45, 2.75) is 10.8 Å². The smallest absolute Gasteiger partial charge is 0.172 e. The molecule has 0 amide bonds. The van der Waals surface area contributed by atoms with Crippen molar-refractivity contribution in [3.05, 3.63) is 58.7 Å². The summed E-state index contributed by atoms with van der Waals surface area (Å²) in [6.45, 7) is 0. The molecule has 0 aliphatic rings. The lowest BCUT2D eigenvalue weighted by Crippen LogP contribution is -2.14. The number of amidine groups is 1. The van der Waals surface area contributed by atoms with Crippen LogP contribution in [0.2, 0.25) is 5.02 Å². The van der Waals surface area contributed by atoms with E-state index in [0.29, 0.717) is 10.6 Å². The number of pyridine rings is 1. The molecule has 0 bridgehead atoms. The van der Waals surface area contributed by atoms with Crippen LogP contribution in [0.15, 0.2) is 52.8 Å². The Hall–Kier alpha value is -1.72. The zero-order valence-corrected chi connectivity index (χ0v) is 11.5. The van der Waals surface area contributed by atoms with E-state index < -0.39 is 0 Å². The first-order chi connectivity index (χ1) is 9.20. The van der Waals surface area contributed by atoms with Gasteiger partial charge in [0.1, 0.15) is 5.03 Å². The predicted octanol–water partition coefficient (Wildman–Crippen LogP) is 3.12. The molecule has 1 aromatic carbocycles. The van der Waals surface area contributed by atoms with E-state index in [9.17, 15) is 0 Å². The van der Waals surface area contributed by atoms with Crippen LogP contribution in [-0.2, 0) is 5.75 Å². The van der Waals surface area contributed by atoms with Crippen LogP contribution in [0.5, 0.6) is 0 Å². The van der Waals surface area contributed by atoms with E-state index >= 15 is 0 Å². The highest BCUT2D eigenvalue weighted by atomic mass is 35.5. The highest BCUT2D eigenvalue weighted by Crippen LogP contribution is 2.24. The van der Waals surface area contributed by atoms with Gasteiger partial charge < -0.3 is 10.9 Å². The fourth-order valence-corrected chi connectivity index (χ4v) is 2.57. The van der Waals surface area contributed by atoms with E-state index in [0.717, 1.165) is 16.3 Å². The van der Waals surface area contributed by atoms with Gasteiger partial charge >= 0.3 is 0 Å². The fourth-order valence-electron chi connectivity index (χ4n) is 1.49. The van der Waals surface area contributed by atoms with Gasteiger partial charge in [0.15, 0.2) is 5.84 Å². The van der Waals surface area contributed by atoms with Crippen molar-refractivity contribution in [3.8, 4) is 0 Å². The topological polar surface area (TPSA) is 71.5 Å². The van der Waals surface area contributed by atoms with Gasteiger partial charge in [0.25, 0.3) is 0 Å². The summed E-state index contributed by atoms with van der Waals surface area (Å²) in [6.07, 6.45) is 1.68. The minimum atomic E-state index is 0.0618. The van der Waals surface area contributed by atoms with Crippen molar-refractivity contribution in [1.82, 2.24) is 4.98 Å². The molecule has 1 heterocycles. The Kier molecular flexibility index (Phi) is 4.65. The zero-order chi connectivity index (χ0) is 13.7. The van der Waals surface area contributed by atoms with Crippen molar-refractivity contribution in [2.24, 2.45) is 10.9 Å². The number of hydrogen-bond acceptors (Lipinski definition) is 4. The SMILES string of the molecule is N/C(=N/O)c1cccnc1SCc1ccc(Cl)cc1. The molecule has 0 aliphatic heterocycles. The van der Waals surface area contributed by atoms with Gasteiger partial charge in [-0.2, -0.15) is 0 Å². The van der Waals surface area contributed by atoms with Gasteiger partial charge in [-0.15, -0.1) is 11.8 Å². The molecule has 0 unspecified atom stereocenters. The minimum Gasteiger partial charge on any atom is -0.409 e. The van der Waals surface area contributed by atoms with E-state index in [-0.39, 0.29) is 5.84 Å². The Morgan fingerprint density at radius 2 is 2.05 bits per heavy atom. The largest absolute Gasteiger partial charge is 0.409 e. The number of thioether (sulfide) groups is 1. The van der Waals surface area contributed by atoms with E-state index in [2.05, 4.69) is 10.1 Å². The molecule has 98 valence electrons. The molecule has 4 nitrogen and oxygen atoms in total. The number of nitrogens with zero attached hydrogens (tertiary/aromatic N) is 2. The molecule has 19 heavy (non-hydrogen) atoms. The van der Waals surface area contributed by atoms with Gasteiger partial charge in [-0.1, -0.05) is 28.9 Å². The van der Waals surface area contributed by atoms with Crippen molar-refractivity contribution in [2.75, 3.05) is 0 Å². The molecule has 0 saturated carbocycles. The Balaban J connectivity index is 2.13. The van der Waals surface area contributed by atoms with Crippen molar-refractivity contribution in [1.29, 1.82) is 0 Å². The number of aromatic nitrogens is 1. The summed E-state index contributed by atoms with van der Waals surface area (Å²) in [7, 11) is 0. The first-order valence-electron chi connectivity index (χ1n) is 5.51. The number of halogens is 1. The first kappa shape index (κ1) is 13.7. The third-order valence-corrected chi connectivity index (χ3v) is 3.77. The molecule has 2 rings (SSSR count). The molecule has 0 atom stereocenters. The van der Waals surface area contributed by atoms with Crippen LogP contribution < -0.4 is 5.73 Å². The van der Waals surface area contributed by atoms with Crippen LogP contribution >= 0.6 is 23.4 Å². The average molecular weight is 294 g/mol. The molecule has 0 fully saturated rings. The Labute approximate surface area is 120 Å². The van der Waals surface area contributed by atoms with Gasteiger partial charge in [-0.25, -0.2) is 4.98 Å². The Morgan fingerprint density at radius 1 is 1.32 bits per heavy atom. The van der Waals surface area contributed by atoms with Gasteiger partial charge in [0.05, 0.1) is 5.56 Å². The summed E-state index contributed by atoms with van der Waals surface area (Å²) >= 11 is 7.36. The summed E-state index contributed by atoms with van der Waals surface area (Å²) in [5.41, 5.74) is 7.37. The van der Waals surface area contributed by atoms with Crippen LogP contribution in [0, 0.1) is 0 Å². The van der Waals surface area contributed by atoms with Gasteiger partial charge in [-0.3, -0.25) is 0 Å². The van der Waals surface area contributed by atoms with Crippen LogP contribution in [0.3, 0.4) is 0 Å². The summed E-state index contributed by atoms with van der Waals surface area (Å²) in [4.78, 5) is 4.25. The lowest BCUT2D eigenvalue weighted by molar-refractivity contribution is 0.318. The molecule has 0 radical (unpaired) electrons. The van der Waals surface area contributed by atoms with Gasteiger partial charge in [-0.05, 0) is 29.8 Å². The average Bonchev–Trinajstić information content (AvgIpc) is 2.46. The third kappa shape index (κ3) is 3.62. The molecule has 1 aromatic heterocycles. The van der Waals surface area contributed by atoms with Crippen LogP contribution in [0.1, 0.15) is 11.1 Å². The summed E-state index contributed by atoms with van der Waals surface area (Å²) in [5, 5.41) is 13.2. The molecule has 0 spiro atoms. The summed E-state index contributed by atoms with van der Waals surface area (Å²) in [6, 6.07) is 11.1. The van der Waals surface area contributed by atoms with Crippen molar-refractivity contribution in [3.63, 3.8) is 0 Å². The standard InChI is InChI=1S/C13H12ClN3OS/c14-10-5-3-9(4-6-10)8-19-13-11(12(15)17-18)2-1-7-16-13/h1-7,18H,8H2,(H2,15,17). The normalized spacial score (nSPS) is 11.5. The molecular formula is C13H12ClN3OS. The van der Waals surface area contributed by atoms with Gasteiger partial charge in [0, 0.05) is 17.0 Å². The molecule has 0 saturated heterocycles. The van der Waals surface area contributed by atoms with Crippen molar-refractivity contribution >= 4 is 29.2 Å². The monoisotopic (exact) mass is 293 g/mol. The lowest BCUT2D eigenvalue weighted by Gasteiger charge is -2.06. The Morgan fingerprint density at radius 3 is 2.74 bits per heavy atom.